The zero-order chi connectivity index (χ0) is 10.8. The topological polar surface area (TPSA) is 53.0 Å². The first-order valence-electron chi connectivity index (χ1n) is 4.57. The Balaban J connectivity index is 2.66. The number of benzene rings is 1. The Morgan fingerprint density at radius 3 is 2.93 bits per heavy atom. The number of aryl methyl sites for hydroxylation is 1. The lowest BCUT2D eigenvalue weighted by Crippen LogP contribution is -1.96. The highest BCUT2D eigenvalue weighted by atomic mass is 32.2. The molecule has 1 unspecified atom stereocenters. The van der Waals surface area contributed by atoms with E-state index in [4.69, 9.17) is 0 Å². The molecule has 4 heteroatoms. The van der Waals surface area contributed by atoms with E-state index in [9.17, 15) is 8.76 Å². The molecule has 0 bridgehead atoms. The van der Waals surface area contributed by atoms with Crippen LogP contribution in [0.2, 0.25) is 0 Å². The quantitative estimate of drug-likeness (QED) is 0.726. The summed E-state index contributed by atoms with van der Waals surface area (Å²) in [6.07, 6.45) is 1.68. The van der Waals surface area contributed by atoms with Crippen LogP contribution in [0.25, 0.3) is 10.9 Å². The standard InChI is InChI=1S/C11H11NO2S/c1-8-4-5-9(7-15(13)14)11-10(8)3-2-6-12-11/h2-6H,7H2,1H3,(H,13,14)/p-1. The summed E-state index contributed by atoms with van der Waals surface area (Å²) >= 11 is -2.07. The molecular formula is C11H10NO2S-. The number of hydrogen-bond donors (Lipinski definition) is 0. The summed E-state index contributed by atoms with van der Waals surface area (Å²) in [5.41, 5.74) is 2.64. The predicted octanol–water partition coefficient (Wildman–Crippen LogP) is 1.92. The number of aromatic nitrogens is 1. The van der Waals surface area contributed by atoms with E-state index in [1.165, 1.54) is 0 Å². The molecule has 1 aromatic heterocycles. The lowest BCUT2D eigenvalue weighted by molar-refractivity contribution is 0.536. The monoisotopic (exact) mass is 220 g/mol. The van der Waals surface area contributed by atoms with Crippen LogP contribution in [-0.2, 0) is 16.8 Å². The van der Waals surface area contributed by atoms with Crippen molar-refractivity contribution in [1.82, 2.24) is 4.98 Å². The lowest BCUT2D eigenvalue weighted by Gasteiger charge is -2.09. The molecule has 0 saturated carbocycles. The summed E-state index contributed by atoms with van der Waals surface area (Å²) in [7, 11) is 0. The molecule has 1 heterocycles. The van der Waals surface area contributed by atoms with Gasteiger partial charge in [0.2, 0.25) is 0 Å². The first kappa shape index (κ1) is 10.3. The van der Waals surface area contributed by atoms with Crippen molar-refractivity contribution in [3.8, 4) is 0 Å². The van der Waals surface area contributed by atoms with Gasteiger partial charge in [-0.25, -0.2) is 0 Å². The van der Waals surface area contributed by atoms with Gasteiger partial charge in [-0.3, -0.25) is 9.19 Å². The van der Waals surface area contributed by atoms with Gasteiger partial charge in [0.1, 0.15) is 0 Å². The first-order chi connectivity index (χ1) is 7.18. The maximum atomic E-state index is 10.7. The third kappa shape index (κ3) is 2.06. The largest absolute Gasteiger partial charge is 0.772 e. The second-order valence-electron chi connectivity index (χ2n) is 3.39. The van der Waals surface area contributed by atoms with Gasteiger partial charge in [-0.2, -0.15) is 0 Å². The minimum Gasteiger partial charge on any atom is -0.772 e. The van der Waals surface area contributed by atoms with E-state index in [2.05, 4.69) is 4.98 Å². The predicted molar refractivity (Wildman–Crippen MR) is 59.1 cm³/mol. The molecule has 3 nitrogen and oxygen atoms in total. The van der Waals surface area contributed by atoms with E-state index in [1.807, 2.05) is 31.2 Å². The van der Waals surface area contributed by atoms with Crippen molar-refractivity contribution in [3.05, 3.63) is 41.6 Å². The van der Waals surface area contributed by atoms with E-state index >= 15 is 0 Å². The lowest BCUT2D eigenvalue weighted by atomic mass is 10.1. The molecule has 0 spiro atoms. The average molecular weight is 220 g/mol. The fourth-order valence-electron chi connectivity index (χ4n) is 1.62. The molecule has 0 radical (unpaired) electrons. The van der Waals surface area contributed by atoms with Crippen molar-refractivity contribution in [1.29, 1.82) is 0 Å². The van der Waals surface area contributed by atoms with Crippen LogP contribution in [0.4, 0.5) is 0 Å². The van der Waals surface area contributed by atoms with Gasteiger partial charge in [0.15, 0.2) is 0 Å². The number of nitrogens with zero attached hydrogens (tertiary/aromatic N) is 1. The molecule has 78 valence electrons. The van der Waals surface area contributed by atoms with Crippen molar-refractivity contribution in [2.45, 2.75) is 12.7 Å². The van der Waals surface area contributed by atoms with E-state index in [0.717, 1.165) is 22.0 Å². The number of hydrogen-bond acceptors (Lipinski definition) is 3. The van der Waals surface area contributed by atoms with Crippen LogP contribution in [0.3, 0.4) is 0 Å². The molecule has 1 atom stereocenters. The van der Waals surface area contributed by atoms with Gasteiger partial charge >= 0.3 is 0 Å². The summed E-state index contributed by atoms with van der Waals surface area (Å²) in [4.78, 5) is 4.22. The van der Waals surface area contributed by atoms with E-state index in [-0.39, 0.29) is 5.75 Å². The zero-order valence-electron chi connectivity index (χ0n) is 8.27. The summed E-state index contributed by atoms with van der Waals surface area (Å²) in [6.45, 7) is 1.99. The van der Waals surface area contributed by atoms with Gasteiger partial charge in [0.05, 0.1) is 5.52 Å². The van der Waals surface area contributed by atoms with Crippen molar-refractivity contribution < 1.29 is 8.76 Å². The minimum atomic E-state index is -2.07. The number of pyridine rings is 1. The normalized spacial score (nSPS) is 12.9. The summed E-state index contributed by atoms with van der Waals surface area (Å²) in [5, 5.41) is 1.01. The Morgan fingerprint density at radius 1 is 1.40 bits per heavy atom. The minimum absolute atomic E-state index is 0.0216. The molecule has 1 aromatic carbocycles. The summed E-state index contributed by atoms with van der Waals surface area (Å²) in [5.74, 6) is 0.0216. The summed E-state index contributed by atoms with van der Waals surface area (Å²) in [6, 6.07) is 7.55. The van der Waals surface area contributed by atoms with E-state index < -0.39 is 11.1 Å². The molecule has 15 heavy (non-hydrogen) atoms. The molecule has 2 aromatic rings. The van der Waals surface area contributed by atoms with Gasteiger partial charge in [0.25, 0.3) is 0 Å². The van der Waals surface area contributed by atoms with Gasteiger partial charge in [-0.05, 0) is 24.1 Å². The van der Waals surface area contributed by atoms with Crippen molar-refractivity contribution in [3.63, 3.8) is 0 Å². The average Bonchev–Trinajstić information content (AvgIpc) is 2.22. The third-order valence-corrected chi connectivity index (χ3v) is 2.89. The highest BCUT2D eigenvalue weighted by Gasteiger charge is 2.03. The van der Waals surface area contributed by atoms with Crippen LogP contribution >= 0.6 is 0 Å². The Kier molecular flexibility index (Phi) is 2.79. The van der Waals surface area contributed by atoms with Crippen LogP contribution < -0.4 is 0 Å². The molecule has 0 aliphatic carbocycles. The van der Waals surface area contributed by atoms with Gasteiger partial charge in [-0.1, -0.05) is 29.3 Å². The highest BCUT2D eigenvalue weighted by Crippen LogP contribution is 2.20. The van der Waals surface area contributed by atoms with Crippen LogP contribution in [-0.4, -0.2) is 13.7 Å². The molecule has 0 saturated heterocycles. The Labute approximate surface area is 90.4 Å². The molecule has 0 fully saturated rings. The van der Waals surface area contributed by atoms with Gasteiger partial charge in [-0.15, -0.1) is 0 Å². The van der Waals surface area contributed by atoms with E-state index in [1.54, 1.807) is 6.20 Å². The Morgan fingerprint density at radius 2 is 2.20 bits per heavy atom. The van der Waals surface area contributed by atoms with E-state index in [0.29, 0.717) is 0 Å². The van der Waals surface area contributed by atoms with Crippen molar-refractivity contribution in [2.75, 3.05) is 0 Å². The molecule has 0 aliphatic heterocycles. The maximum Gasteiger partial charge on any atom is 0.0745 e. The summed E-state index contributed by atoms with van der Waals surface area (Å²) < 4.78 is 21.3. The fraction of sp³-hybridized carbons (Fsp3) is 0.182. The smallest absolute Gasteiger partial charge is 0.0745 e. The molecule has 0 N–H and O–H groups in total. The number of rotatable bonds is 2. The fourth-order valence-corrected chi connectivity index (χ4v) is 2.10. The van der Waals surface area contributed by atoms with Crippen molar-refractivity contribution in [2.24, 2.45) is 0 Å². The van der Waals surface area contributed by atoms with Crippen LogP contribution in [0.5, 0.6) is 0 Å². The molecular weight excluding hydrogens is 210 g/mol. The second kappa shape index (κ2) is 4.08. The van der Waals surface area contributed by atoms with Gasteiger partial charge in [0, 0.05) is 17.3 Å². The van der Waals surface area contributed by atoms with Gasteiger partial charge < -0.3 is 4.55 Å². The van der Waals surface area contributed by atoms with Crippen LogP contribution in [0.1, 0.15) is 11.1 Å². The van der Waals surface area contributed by atoms with Crippen LogP contribution in [0, 0.1) is 6.92 Å². The first-order valence-corrected chi connectivity index (χ1v) is 5.82. The van der Waals surface area contributed by atoms with Crippen LogP contribution in [0.15, 0.2) is 30.5 Å². The zero-order valence-corrected chi connectivity index (χ0v) is 9.08. The molecule has 2 rings (SSSR count). The highest BCUT2D eigenvalue weighted by molar-refractivity contribution is 7.78. The van der Waals surface area contributed by atoms with Crippen molar-refractivity contribution >= 4 is 22.0 Å². The second-order valence-corrected chi connectivity index (χ2v) is 4.29. The SMILES string of the molecule is Cc1ccc(CS(=O)[O-])c2ncccc12. The molecule has 0 aliphatic rings. The molecule has 0 amide bonds. The third-order valence-electron chi connectivity index (χ3n) is 2.34. The Hall–Kier alpha value is -1.26. The number of fused-ring (bicyclic) bond motifs is 1. The Bertz CT molecular complexity index is 525. The maximum absolute atomic E-state index is 10.7.